The quantitative estimate of drug-likeness (QED) is 0.806. The van der Waals surface area contributed by atoms with Gasteiger partial charge in [0.2, 0.25) is 0 Å². The molecule has 0 bridgehead atoms. The molecule has 23 heavy (non-hydrogen) atoms. The molecule has 0 unspecified atom stereocenters. The Kier molecular flexibility index (Phi) is 4.77. The van der Waals surface area contributed by atoms with Crippen molar-refractivity contribution in [2.24, 2.45) is 11.8 Å². The molecule has 0 saturated carbocycles. The zero-order chi connectivity index (χ0) is 16.6. The standard InChI is InChI=1S/C19H19Cl2NO/c1-11-17(13-3-7-15(20)8-4-13)22-18(12(2)19(11)23)14-5-9-16(21)10-6-14/h3-12,17-18,22H,1-2H3/t11-,12+,17-,18-/m0/s1. The van der Waals surface area contributed by atoms with Gasteiger partial charge in [0.05, 0.1) is 0 Å². The van der Waals surface area contributed by atoms with Gasteiger partial charge in [-0.1, -0.05) is 61.3 Å². The lowest BCUT2D eigenvalue weighted by molar-refractivity contribution is -0.130. The highest BCUT2D eigenvalue weighted by molar-refractivity contribution is 6.30. The third-order valence-electron chi connectivity index (χ3n) is 4.71. The number of piperidine rings is 1. The maximum absolute atomic E-state index is 12.7. The second-order valence-electron chi connectivity index (χ2n) is 6.20. The van der Waals surface area contributed by atoms with Gasteiger partial charge in [-0.2, -0.15) is 0 Å². The average Bonchev–Trinajstić information content (AvgIpc) is 2.55. The third kappa shape index (κ3) is 3.30. The van der Waals surface area contributed by atoms with Gasteiger partial charge >= 0.3 is 0 Å². The van der Waals surface area contributed by atoms with Crippen molar-refractivity contribution in [2.45, 2.75) is 25.9 Å². The minimum Gasteiger partial charge on any atom is -0.302 e. The zero-order valence-corrected chi connectivity index (χ0v) is 14.6. The first kappa shape index (κ1) is 16.5. The summed E-state index contributed by atoms with van der Waals surface area (Å²) in [6, 6.07) is 15.4. The largest absolute Gasteiger partial charge is 0.302 e. The molecular formula is C19H19Cl2NO. The van der Waals surface area contributed by atoms with Crippen molar-refractivity contribution in [3.63, 3.8) is 0 Å². The van der Waals surface area contributed by atoms with E-state index in [0.29, 0.717) is 10.0 Å². The number of ketones is 1. The van der Waals surface area contributed by atoms with Crippen LogP contribution in [0.25, 0.3) is 0 Å². The predicted molar refractivity (Wildman–Crippen MR) is 94.9 cm³/mol. The molecule has 1 aliphatic heterocycles. The third-order valence-corrected chi connectivity index (χ3v) is 5.22. The summed E-state index contributed by atoms with van der Waals surface area (Å²) in [5.74, 6) is 0.133. The lowest BCUT2D eigenvalue weighted by Crippen LogP contribution is -2.46. The maximum atomic E-state index is 12.7. The van der Waals surface area contributed by atoms with Gasteiger partial charge in [-0.15, -0.1) is 0 Å². The molecule has 4 atom stereocenters. The second-order valence-corrected chi connectivity index (χ2v) is 7.08. The summed E-state index contributed by atoms with van der Waals surface area (Å²) in [6.07, 6.45) is 0. The van der Waals surface area contributed by atoms with Crippen LogP contribution in [0.4, 0.5) is 0 Å². The first-order chi connectivity index (χ1) is 11.0. The summed E-state index contributed by atoms with van der Waals surface area (Å²) in [6.45, 7) is 3.98. The van der Waals surface area contributed by atoms with Crippen LogP contribution in [0.3, 0.4) is 0 Å². The minimum atomic E-state index is -0.0743. The molecule has 1 heterocycles. The van der Waals surface area contributed by atoms with Crippen molar-refractivity contribution in [1.82, 2.24) is 5.32 Å². The van der Waals surface area contributed by atoms with Crippen molar-refractivity contribution >= 4 is 29.0 Å². The fourth-order valence-electron chi connectivity index (χ4n) is 3.34. The Morgan fingerprint density at radius 2 is 1.09 bits per heavy atom. The lowest BCUT2D eigenvalue weighted by Gasteiger charge is -2.39. The Bertz CT molecular complexity index is 637. The predicted octanol–water partition coefficient (Wildman–Crippen LogP) is 5.22. The van der Waals surface area contributed by atoms with Crippen LogP contribution in [0, 0.1) is 11.8 Å². The van der Waals surface area contributed by atoms with Crippen LogP contribution in [0.1, 0.15) is 37.1 Å². The van der Waals surface area contributed by atoms with Crippen molar-refractivity contribution in [2.75, 3.05) is 0 Å². The number of benzene rings is 2. The Labute approximate surface area is 146 Å². The van der Waals surface area contributed by atoms with Gasteiger partial charge in [-0.05, 0) is 35.4 Å². The second kappa shape index (κ2) is 6.64. The van der Waals surface area contributed by atoms with E-state index >= 15 is 0 Å². The molecule has 3 rings (SSSR count). The van der Waals surface area contributed by atoms with Gasteiger partial charge in [0, 0.05) is 34.0 Å². The van der Waals surface area contributed by atoms with Gasteiger partial charge in [0.1, 0.15) is 5.78 Å². The van der Waals surface area contributed by atoms with Gasteiger partial charge in [0.15, 0.2) is 0 Å². The first-order valence-corrected chi connectivity index (χ1v) is 8.53. The Balaban J connectivity index is 1.94. The van der Waals surface area contributed by atoms with Crippen LogP contribution in [0.2, 0.25) is 10.0 Å². The molecule has 1 aliphatic rings. The van der Waals surface area contributed by atoms with Crippen molar-refractivity contribution in [3.8, 4) is 0 Å². The number of nitrogens with one attached hydrogen (secondary N) is 1. The molecule has 0 amide bonds. The van der Waals surface area contributed by atoms with Crippen molar-refractivity contribution in [1.29, 1.82) is 0 Å². The van der Waals surface area contributed by atoms with E-state index in [1.54, 1.807) is 0 Å². The molecule has 1 N–H and O–H groups in total. The van der Waals surface area contributed by atoms with Gasteiger partial charge in [0.25, 0.3) is 0 Å². The molecule has 0 aliphatic carbocycles. The van der Waals surface area contributed by atoms with E-state index < -0.39 is 0 Å². The molecule has 2 aromatic rings. The molecule has 2 aromatic carbocycles. The van der Waals surface area contributed by atoms with Gasteiger partial charge in [-0.3, -0.25) is 4.79 Å². The van der Waals surface area contributed by atoms with Crippen LogP contribution >= 0.6 is 23.2 Å². The number of Topliss-reactive ketones (excluding diaryl/α,β-unsaturated/α-hetero) is 1. The van der Waals surface area contributed by atoms with E-state index in [0.717, 1.165) is 11.1 Å². The minimum absolute atomic E-state index is 0.0170. The van der Waals surface area contributed by atoms with Crippen molar-refractivity contribution < 1.29 is 4.79 Å². The molecule has 4 heteroatoms. The number of hydrogen-bond donors (Lipinski definition) is 1. The maximum Gasteiger partial charge on any atom is 0.142 e. The van der Waals surface area contributed by atoms with E-state index in [1.807, 2.05) is 62.4 Å². The molecule has 0 aromatic heterocycles. The van der Waals surface area contributed by atoms with Crippen molar-refractivity contribution in [3.05, 3.63) is 69.7 Å². The number of hydrogen-bond acceptors (Lipinski definition) is 2. The lowest BCUT2D eigenvalue weighted by atomic mass is 9.76. The Hall–Kier alpha value is -1.35. The monoisotopic (exact) mass is 347 g/mol. The highest BCUT2D eigenvalue weighted by Gasteiger charge is 2.40. The summed E-state index contributed by atoms with van der Waals surface area (Å²) in [4.78, 5) is 12.7. The molecule has 1 saturated heterocycles. The van der Waals surface area contributed by atoms with E-state index in [9.17, 15) is 4.79 Å². The van der Waals surface area contributed by atoms with Crippen LogP contribution < -0.4 is 5.32 Å². The fraction of sp³-hybridized carbons (Fsp3) is 0.316. The summed E-state index contributed by atoms with van der Waals surface area (Å²) in [5.41, 5.74) is 2.17. The SMILES string of the molecule is C[C@@H]1C(=O)[C@H](C)[C@@H](c2ccc(Cl)cc2)N[C@@H]1c1ccc(Cl)cc1. The summed E-state index contributed by atoms with van der Waals surface area (Å²) in [7, 11) is 0. The van der Waals surface area contributed by atoms with Gasteiger partial charge in [-0.25, -0.2) is 0 Å². The average molecular weight is 348 g/mol. The summed E-state index contributed by atoms with van der Waals surface area (Å²) in [5, 5.41) is 5.05. The zero-order valence-electron chi connectivity index (χ0n) is 13.1. The molecule has 0 radical (unpaired) electrons. The highest BCUT2D eigenvalue weighted by atomic mass is 35.5. The Morgan fingerprint density at radius 1 is 0.739 bits per heavy atom. The van der Waals surface area contributed by atoms with E-state index in [4.69, 9.17) is 23.2 Å². The van der Waals surface area contributed by atoms with Crippen LogP contribution in [-0.2, 0) is 4.79 Å². The van der Waals surface area contributed by atoms with E-state index in [-0.39, 0.29) is 29.7 Å². The normalized spacial score (nSPS) is 27.9. The summed E-state index contributed by atoms with van der Waals surface area (Å²) >= 11 is 12.0. The molecule has 2 nitrogen and oxygen atoms in total. The first-order valence-electron chi connectivity index (χ1n) is 7.78. The van der Waals surface area contributed by atoms with Crippen LogP contribution in [-0.4, -0.2) is 5.78 Å². The van der Waals surface area contributed by atoms with Gasteiger partial charge < -0.3 is 5.32 Å². The highest BCUT2D eigenvalue weighted by Crippen LogP contribution is 2.38. The van der Waals surface area contributed by atoms with Crippen LogP contribution in [0.15, 0.2) is 48.5 Å². The smallest absolute Gasteiger partial charge is 0.142 e. The topological polar surface area (TPSA) is 29.1 Å². The fourth-order valence-corrected chi connectivity index (χ4v) is 3.59. The molecule has 120 valence electrons. The molecular weight excluding hydrogens is 329 g/mol. The molecule has 1 fully saturated rings. The van der Waals surface area contributed by atoms with E-state index in [1.165, 1.54) is 0 Å². The number of carbonyl (C=O) groups excluding carboxylic acids is 1. The Morgan fingerprint density at radius 3 is 1.43 bits per heavy atom. The number of carbonyl (C=O) groups is 1. The van der Waals surface area contributed by atoms with E-state index in [2.05, 4.69) is 5.32 Å². The summed E-state index contributed by atoms with van der Waals surface area (Å²) < 4.78 is 0. The molecule has 0 spiro atoms. The number of halogens is 2. The van der Waals surface area contributed by atoms with Crippen LogP contribution in [0.5, 0.6) is 0 Å². The number of rotatable bonds is 2.